The van der Waals surface area contributed by atoms with E-state index in [0.29, 0.717) is 23.7 Å². The minimum Gasteiger partial charge on any atom is -0.490 e. The Morgan fingerprint density at radius 1 is 1.05 bits per heavy atom. The molecule has 2 heterocycles. The van der Waals surface area contributed by atoms with E-state index >= 15 is 0 Å². The third-order valence-electron chi connectivity index (χ3n) is 5.86. The molecule has 0 aliphatic heterocycles. The van der Waals surface area contributed by atoms with Gasteiger partial charge in [-0.2, -0.15) is 0 Å². The Kier molecular flexibility index (Phi) is 8.71. The van der Waals surface area contributed by atoms with Crippen molar-refractivity contribution in [2.24, 2.45) is 0 Å². The molecule has 0 radical (unpaired) electrons. The number of hydrogen-bond donors (Lipinski definition) is 2. The SMILES string of the molecule is CC(=O)c1cccnc1Oc1ccc(CC(C)(C)NC[C@H](O)COc2ccccc2-c2cccs2)cc1. The van der Waals surface area contributed by atoms with E-state index in [-0.39, 0.29) is 17.9 Å². The number of benzene rings is 2. The summed E-state index contributed by atoms with van der Waals surface area (Å²) in [4.78, 5) is 17.1. The molecule has 2 aromatic carbocycles. The summed E-state index contributed by atoms with van der Waals surface area (Å²) in [5.74, 6) is 1.60. The van der Waals surface area contributed by atoms with Crippen molar-refractivity contribution in [2.75, 3.05) is 13.2 Å². The summed E-state index contributed by atoms with van der Waals surface area (Å²) < 4.78 is 11.8. The van der Waals surface area contributed by atoms with Gasteiger partial charge in [-0.1, -0.05) is 30.3 Å². The fourth-order valence-corrected chi connectivity index (χ4v) is 4.72. The van der Waals surface area contributed by atoms with Crippen LogP contribution in [0.5, 0.6) is 17.4 Å². The van der Waals surface area contributed by atoms with Crippen LogP contribution in [-0.4, -0.2) is 40.7 Å². The Labute approximate surface area is 221 Å². The van der Waals surface area contributed by atoms with Crippen LogP contribution in [0.1, 0.15) is 36.7 Å². The van der Waals surface area contributed by atoms with E-state index in [1.807, 2.05) is 60.0 Å². The molecule has 2 N–H and O–H groups in total. The highest BCUT2D eigenvalue weighted by Crippen LogP contribution is 2.33. The van der Waals surface area contributed by atoms with E-state index in [1.165, 1.54) is 6.92 Å². The first-order chi connectivity index (χ1) is 17.8. The van der Waals surface area contributed by atoms with Crippen LogP contribution in [0.3, 0.4) is 0 Å². The van der Waals surface area contributed by atoms with Gasteiger partial charge < -0.3 is 19.9 Å². The second-order valence-electron chi connectivity index (χ2n) is 9.54. The Morgan fingerprint density at radius 2 is 1.84 bits per heavy atom. The van der Waals surface area contributed by atoms with Gasteiger partial charge in [0.25, 0.3) is 0 Å². The number of pyridine rings is 1. The van der Waals surface area contributed by atoms with Gasteiger partial charge in [0, 0.05) is 28.7 Å². The van der Waals surface area contributed by atoms with Crippen LogP contribution in [0.15, 0.2) is 84.4 Å². The molecule has 0 aliphatic carbocycles. The maximum absolute atomic E-state index is 11.8. The standard InChI is InChI=1S/C30H32N2O4S/c1-21(33)25-9-6-16-31-29(25)36-24-14-12-22(13-15-24)18-30(2,3)32-19-23(34)20-35-27-10-5-4-8-26(27)28-11-7-17-37-28/h4-17,23,32,34H,18-20H2,1-3H3/t23-/m0/s1. The van der Waals surface area contributed by atoms with E-state index in [9.17, 15) is 9.90 Å². The molecule has 0 saturated carbocycles. The smallest absolute Gasteiger partial charge is 0.230 e. The highest BCUT2D eigenvalue weighted by molar-refractivity contribution is 7.13. The average molecular weight is 517 g/mol. The van der Waals surface area contributed by atoms with Crippen molar-refractivity contribution in [1.29, 1.82) is 0 Å². The number of aliphatic hydroxyl groups excluding tert-OH is 1. The van der Waals surface area contributed by atoms with Gasteiger partial charge >= 0.3 is 0 Å². The first-order valence-corrected chi connectivity index (χ1v) is 13.1. The fraction of sp³-hybridized carbons (Fsp3) is 0.267. The first-order valence-electron chi connectivity index (χ1n) is 12.2. The molecule has 0 saturated heterocycles. The molecule has 7 heteroatoms. The number of carbonyl (C=O) groups is 1. The summed E-state index contributed by atoms with van der Waals surface area (Å²) in [5, 5.41) is 16.1. The summed E-state index contributed by atoms with van der Waals surface area (Å²) >= 11 is 1.66. The van der Waals surface area contributed by atoms with Crippen molar-refractivity contribution in [2.45, 2.75) is 38.8 Å². The lowest BCUT2D eigenvalue weighted by Crippen LogP contribution is -2.46. The molecule has 4 rings (SSSR count). The normalized spacial score (nSPS) is 12.2. The van der Waals surface area contributed by atoms with E-state index in [4.69, 9.17) is 9.47 Å². The Hall–Kier alpha value is -3.52. The summed E-state index contributed by atoms with van der Waals surface area (Å²) in [7, 11) is 0. The molecule has 1 atom stereocenters. The van der Waals surface area contributed by atoms with E-state index in [0.717, 1.165) is 28.2 Å². The Balaban J connectivity index is 1.28. The molecule has 0 bridgehead atoms. The predicted molar refractivity (Wildman–Crippen MR) is 148 cm³/mol. The van der Waals surface area contributed by atoms with Crippen LogP contribution in [0, 0.1) is 0 Å². The summed E-state index contributed by atoms with van der Waals surface area (Å²) in [6.07, 6.45) is 1.71. The second-order valence-corrected chi connectivity index (χ2v) is 10.5. The number of para-hydroxylation sites is 1. The van der Waals surface area contributed by atoms with Crippen molar-refractivity contribution in [1.82, 2.24) is 10.3 Å². The van der Waals surface area contributed by atoms with Crippen LogP contribution in [0.4, 0.5) is 0 Å². The minimum atomic E-state index is -0.653. The van der Waals surface area contributed by atoms with Crippen molar-refractivity contribution in [3.63, 3.8) is 0 Å². The molecular weight excluding hydrogens is 484 g/mol. The fourth-order valence-electron chi connectivity index (χ4n) is 3.97. The predicted octanol–water partition coefficient (Wildman–Crippen LogP) is 6.16. The number of β-amino-alcohol motifs (C(OH)–C–C–N with tert-alkyl or cyclic N) is 1. The van der Waals surface area contributed by atoms with Gasteiger partial charge in [-0.15, -0.1) is 11.3 Å². The largest absolute Gasteiger partial charge is 0.490 e. The third-order valence-corrected chi connectivity index (χ3v) is 6.76. The van der Waals surface area contributed by atoms with E-state index in [2.05, 4.69) is 30.2 Å². The molecule has 37 heavy (non-hydrogen) atoms. The van der Waals surface area contributed by atoms with Crippen molar-refractivity contribution in [3.8, 4) is 27.8 Å². The van der Waals surface area contributed by atoms with Gasteiger partial charge in [0.2, 0.25) is 5.88 Å². The number of ketones is 1. The Morgan fingerprint density at radius 3 is 2.57 bits per heavy atom. The molecule has 0 fully saturated rings. The van der Waals surface area contributed by atoms with Crippen LogP contribution in [0.25, 0.3) is 10.4 Å². The lowest BCUT2D eigenvalue weighted by atomic mass is 9.94. The number of carbonyl (C=O) groups excluding carboxylic acids is 1. The number of Topliss-reactive ketones (excluding diaryl/α,β-unsaturated/α-hetero) is 1. The highest BCUT2D eigenvalue weighted by atomic mass is 32.1. The quantitative estimate of drug-likeness (QED) is 0.220. The molecule has 2 aromatic heterocycles. The summed E-state index contributed by atoms with van der Waals surface area (Å²) in [6.45, 7) is 6.31. The number of nitrogens with zero attached hydrogens (tertiary/aromatic N) is 1. The third kappa shape index (κ3) is 7.49. The average Bonchev–Trinajstić information content (AvgIpc) is 3.43. The van der Waals surface area contributed by atoms with Crippen molar-refractivity contribution < 1.29 is 19.4 Å². The van der Waals surface area contributed by atoms with Gasteiger partial charge in [-0.25, -0.2) is 4.98 Å². The van der Waals surface area contributed by atoms with Gasteiger partial charge in [-0.05, 0) is 80.6 Å². The summed E-state index contributed by atoms with van der Waals surface area (Å²) in [6, 6.07) is 23.1. The van der Waals surface area contributed by atoms with Gasteiger partial charge in [0.1, 0.15) is 24.2 Å². The van der Waals surface area contributed by atoms with Gasteiger partial charge in [0.15, 0.2) is 5.78 Å². The zero-order valence-corrected chi connectivity index (χ0v) is 22.1. The van der Waals surface area contributed by atoms with Gasteiger partial charge in [-0.3, -0.25) is 4.79 Å². The van der Waals surface area contributed by atoms with Crippen LogP contribution in [0.2, 0.25) is 0 Å². The van der Waals surface area contributed by atoms with E-state index < -0.39 is 6.10 Å². The molecule has 0 unspecified atom stereocenters. The zero-order valence-electron chi connectivity index (χ0n) is 21.3. The number of nitrogens with one attached hydrogen (secondary N) is 1. The van der Waals surface area contributed by atoms with Gasteiger partial charge in [0.05, 0.1) is 5.56 Å². The molecule has 0 aliphatic rings. The van der Waals surface area contributed by atoms with Crippen molar-refractivity contribution in [3.05, 3.63) is 95.5 Å². The second kappa shape index (κ2) is 12.1. The number of thiophene rings is 1. The van der Waals surface area contributed by atoms with Crippen LogP contribution >= 0.6 is 11.3 Å². The maximum Gasteiger partial charge on any atom is 0.230 e. The Bertz CT molecular complexity index is 1300. The maximum atomic E-state index is 11.8. The lowest BCUT2D eigenvalue weighted by molar-refractivity contribution is 0.0991. The number of aliphatic hydroxyl groups is 1. The highest BCUT2D eigenvalue weighted by Gasteiger charge is 2.20. The zero-order chi connectivity index (χ0) is 26.3. The monoisotopic (exact) mass is 516 g/mol. The van der Waals surface area contributed by atoms with E-state index in [1.54, 1.807) is 29.7 Å². The molecule has 192 valence electrons. The number of aromatic nitrogens is 1. The van der Waals surface area contributed by atoms with Crippen LogP contribution < -0.4 is 14.8 Å². The van der Waals surface area contributed by atoms with Crippen molar-refractivity contribution >= 4 is 17.1 Å². The first kappa shape index (κ1) is 26.5. The topological polar surface area (TPSA) is 80.7 Å². The van der Waals surface area contributed by atoms with Crippen LogP contribution in [-0.2, 0) is 6.42 Å². The number of hydrogen-bond acceptors (Lipinski definition) is 7. The number of ether oxygens (including phenoxy) is 2. The molecule has 0 spiro atoms. The molecular formula is C30H32N2O4S. The lowest BCUT2D eigenvalue weighted by Gasteiger charge is -2.28. The number of rotatable bonds is 12. The minimum absolute atomic E-state index is 0.0909. The summed E-state index contributed by atoms with van der Waals surface area (Å²) in [5.41, 5.74) is 2.36. The molecule has 0 amide bonds. The molecule has 6 nitrogen and oxygen atoms in total. The molecule has 4 aromatic rings.